The number of ether oxygens (including phenoxy) is 2. The number of carbonyl (C=O) groups is 1. The molecule has 0 saturated carbocycles. The molecule has 2 aliphatic heterocycles. The summed E-state index contributed by atoms with van der Waals surface area (Å²) in [6.07, 6.45) is 4.14. The van der Waals surface area contributed by atoms with Crippen molar-refractivity contribution in [1.82, 2.24) is 5.32 Å². The third-order valence-corrected chi connectivity index (χ3v) is 7.14. The first-order chi connectivity index (χ1) is 16.3. The van der Waals surface area contributed by atoms with Gasteiger partial charge in [-0.05, 0) is 53.1 Å². The molecule has 1 N–H and O–H groups in total. The molecule has 3 aromatic rings. The van der Waals surface area contributed by atoms with Gasteiger partial charge in [-0.3, -0.25) is 4.79 Å². The van der Waals surface area contributed by atoms with Gasteiger partial charge in [0.25, 0.3) is 0 Å². The van der Waals surface area contributed by atoms with Crippen molar-refractivity contribution in [2.75, 3.05) is 18.6 Å². The summed E-state index contributed by atoms with van der Waals surface area (Å²) in [5.41, 5.74) is 3.36. The number of fused-ring (bicyclic) bond motifs is 3. The molecule has 0 bridgehead atoms. The van der Waals surface area contributed by atoms with Crippen LogP contribution in [-0.2, 0) is 16.8 Å². The average Bonchev–Trinajstić information content (AvgIpc) is 3.27. The Bertz CT molecular complexity index is 1270. The molecule has 1 saturated heterocycles. The summed E-state index contributed by atoms with van der Waals surface area (Å²) in [6.45, 7) is 5.11. The van der Waals surface area contributed by atoms with E-state index in [2.05, 4.69) is 48.3 Å². The Morgan fingerprint density at radius 3 is 2.59 bits per heavy atom. The normalized spacial score (nSPS) is 20.2. The van der Waals surface area contributed by atoms with Crippen LogP contribution in [0.3, 0.4) is 0 Å². The monoisotopic (exact) mass is 474 g/mol. The zero-order chi connectivity index (χ0) is 23.9. The minimum absolute atomic E-state index is 0.0238. The molecule has 1 atom stereocenters. The fourth-order valence-electron chi connectivity index (χ4n) is 5.01. The highest BCUT2D eigenvalue weighted by atomic mass is 35.5. The van der Waals surface area contributed by atoms with Crippen molar-refractivity contribution in [3.05, 3.63) is 94.5 Å². The maximum absolute atomic E-state index is 12.5. The van der Waals surface area contributed by atoms with E-state index in [1.54, 1.807) is 7.11 Å². The summed E-state index contributed by atoms with van der Waals surface area (Å²) in [5, 5.41) is 3.95. The number of halogens is 1. The van der Waals surface area contributed by atoms with Gasteiger partial charge in [0.05, 0.1) is 13.7 Å². The van der Waals surface area contributed by atoms with Crippen LogP contribution in [0.1, 0.15) is 30.5 Å². The van der Waals surface area contributed by atoms with E-state index in [-0.39, 0.29) is 11.3 Å². The third-order valence-electron chi connectivity index (χ3n) is 6.89. The molecule has 1 fully saturated rings. The second kappa shape index (κ2) is 8.41. The Balaban J connectivity index is 1.41. The molecule has 1 amide bonds. The van der Waals surface area contributed by atoms with E-state index in [0.717, 1.165) is 16.8 Å². The van der Waals surface area contributed by atoms with Crippen LogP contribution in [-0.4, -0.2) is 25.2 Å². The zero-order valence-corrected chi connectivity index (χ0v) is 20.2. The number of anilines is 1. The van der Waals surface area contributed by atoms with Crippen LogP contribution in [0.2, 0.25) is 5.02 Å². The van der Waals surface area contributed by atoms with Gasteiger partial charge in [0, 0.05) is 16.1 Å². The molecule has 0 aliphatic carbocycles. The number of nitrogens with zero attached hydrogens (tertiary/aromatic N) is 1. The lowest BCUT2D eigenvalue weighted by atomic mass is 9.75. The predicted octanol–water partition coefficient (Wildman–Crippen LogP) is 5.56. The highest BCUT2D eigenvalue weighted by molar-refractivity contribution is 6.30. The SMILES string of the molecule is COc1cc(C=CC23NC(=O)CN2c2ccccc2C3(C)C)ccc1OCc1ccc(Cl)cc1. The molecule has 2 aliphatic rings. The zero-order valence-electron chi connectivity index (χ0n) is 19.5. The van der Waals surface area contributed by atoms with Crippen molar-refractivity contribution >= 4 is 29.3 Å². The minimum atomic E-state index is -0.634. The highest BCUT2D eigenvalue weighted by Crippen LogP contribution is 2.52. The smallest absolute Gasteiger partial charge is 0.241 e. The molecule has 0 spiro atoms. The summed E-state index contributed by atoms with van der Waals surface area (Å²) >= 11 is 5.96. The number of nitrogens with one attached hydrogen (secondary N) is 1. The molecule has 6 heteroatoms. The average molecular weight is 475 g/mol. The van der Waals surface area contributed by atoms with Gasteiger partial charge in [0.2, 0.25) is 5.91 Å². The first-order valence-electron chi connectivity index (χ1n) is 11.3. The Labute approximate surface area is 204 Å². The van der Waals surface area contributed by atoms with Crippen LogP contribution in [0.5, 0.6) is 11.5 Å². The number of hydrogen-bond acceptors (Lipinski definition) is 4. The van der Waals surface area contributed by atoms with Gasteiger partial charge in [0.1, 0.15) is 12.3 Å². The van der Waals surface area contributed by atoms with E-state index in [9.17, 15) is 4.79 Å². The second-order valence-electron chi connectivity index (χ2n) is 9.20. The quantitative estimate of drug-likeness (QED) is 0.507. The van der Waals surface area contributed by atoms with E-state index in [0.29, 0.717) is 29.7 Å². The maximum atomic E-state index is 12.5. The van der Waals surface area contributed by atoms with Crippen molar-refractivity contribution < 1.29 is 14.3 Å². The molecular weight excluding hydrogens is 448 g/mol. The largest absolute Gasteiger partial charge is 0.493 e. The van der Waals surface area contributed by atoms with Gasteiger partial charge in [-0.1, -0.05) is 67.9 Å². The molecule has 5 rings (SSSR count). The summed E-state index contributed by atoms with van der Waals surface area (Å²) in [4.78, 5) is 14.7. The van der Waals surface area contributed by atoms with E-state index in [4.69, 9.17) is 21.1 Å². The number of para-hydroxylation sites is 1. The molecule has 1 unspecified atom stereocenters. The lowest BCUT2D eigenvalue weighted by Crippen LogP contribution is -2.58. The lowest BCUT2D eigenvalue weighted by molar-refractivity contribution is -0.118. The molecule has 174 valence electrons. The highest BCUT2D eigenvalue weighted by Gasteiger charge is 2.59. The molecular formula is C28H27ClN2O3. The van der Waals surface area contributed by atoms with Crippen molar-refractivity contribution in [1.29, 1.82) is 0 Å². The number of hydrogen-bond donors (Lipinski definition) is 1. The Kier molecular flexibility index (Phi) is 5.53. The van der Waals surface area contributed by atoms with Gasteiger partial charge < -0.3 is 19.7 Å². The van der Waals surface area contributed by atoms with E-state index < -0.39 is 5.66 Å². The topological polar surface area (TPSA) is 50.8 Å². The number of benzene rings is 3. The minimum Gasteiger partial charge on any atom is -0.493 e. The molecule has 0 aromatic heterocycles. The van der Waals surface area contributed by atoms with Crippen LogP contribution < -0.4 is 19.7 Å². The van der Waals surface area contributed by atoms with Crippen molar-refractivity contribution in [3.63, 3.8) is 0 Å². The summed E-state index contributed by atoms with van der Waals surface area (Å²) < 4.78 is 11.6. The van der Waals surface area contributed by atoms with Gasteiger partial charge >= 0.3 is 0 Å². The predicted molar refractivity (Wildman–Crippen MR) is 135 cm³/mol. The van der Waals surface area contributed by atoms with Gasteiger partial charge in [-0.2, -0.15) is 0 Å². The van der Waals surface area contributed by atoms with Gasteiger partial charge in [-0.15, -0.1) is 0 Å². The molecule has 34 heavy (non-hydrogen) atoms. The second-order valence-corrected chi connectivity index (χ2v) is 9.64. The molecule has 2 heterocycles. The Morgan fingerprint density at radius 2 is 1.82 bits per heavy atom. The number of rotatable bonds is 6. The molecule has 5 nitrogen and oxygen atoms in total. The summed E-state index contributed by atoms with van der Waals surface area (Å²) in [5.74, 6) is 1.34. The van der Waals surface area contributed by atoms with Crippen LogP contribution >= 0.6 is 11.6 Å². The Morgan fingerprint density at radius 1 is 1.06 bits per heavy atom. The van der Waals surface area contributed by atoms with Crippen LogP contribution in [0, 0.1) is 0 Å². The van der Waals surface area contributed by atoms with Crippen molar-refractivity contribution in [3.8, 4) is 11.5 Å². The number of amides is 1. The van der Waals surface area contributed by atoms with Gasteiger partial charge in [0.15, 0.2) is 11.5 Å². The first kappa shape index (κ1) is 22.4. The van der Waals surface area contributed by atoms with E-state index in [1.807, 2.05) is 54.6 Å². The molecule has 3 aromatic carbocycles. The van der Waals surface area contributed by atoms with Crippen molar-refractivity contribution in [2.45, 2.75) is 31.5 Å². The lowest BCUT2D eigenvalue weighted by Gasteiger charge is -2.40. The Hall–Kier alpha value is -3.44. The van der Waals surface area contributed by atoms with E-state index in [1.165, 1.54) is 5.56 Å². The fourth-order valence-corrected chi connectivity index (χ4v) is 5.13. The third kappa shape index (κ3) is 3.61. The fraction of sp³-hybridized carbons (Fsp3) is 0.250. The van der Waals surface area contributed by atoms with Crippen molar-refractivity contribution in [2.24, 2.45) is 0 Å². The van der Waals surface area contributed by atoms with E-state index >= 15 is 0 Å². The summed E-state index contributed by atoms with van der Waals surface area (Å²) in [7, 11) is 1.63. The summed E-state index contributed by atoms with van der Waals surface area (Å²) in [6, 6.07) is 21.7. The number of methoxy groups -OCH3 is 1. The van der Waals surface area contributed by atoms with Gasteiger partial charge in [-0.25, -0.2) is 0 Å². The number of carbonyl (C=O) groups excluding carboxylic acids is 1. The van der Waals surface area contributed by atoms with Crippen LogP contribution in [0.25, 0.3) is 6.08 Å². The standard InChI is InChI=1S/C28H27ClN2O3/c1-27(2)22-6-4-5-7-23(22)31-17-26(32)30-28(27,31)15-14-19-10-13-24(25(16-19)33-3)34-18-20-8-11-21(29)12-9-20/h4-16H,17-18H2,1-3H3,(H,30,32). The maximum Gasteiger partial charge on any atom is 0.241 e. The molecule has 0 radical (unpaired) electrons. The van der Waals surface area contributed by atoms with Crippen LogP contribution in [0.4, 0.5) is 5.69 Å². The first-order valence-corrected chi connectivity index (χ1v) is 11.6. The van der Waals surface area contributed by atoms with Crippen LogP contribution in [0.15, 0.2) is 72.8 Å².